The van der Waals surface area contributed by atoms with Gasteiger partial charge in [0.05, 0.1) is 19.6 Å². The van der Waals surface area contributed by atoms with Crippen LogP contribution < -0.4 is 65.1 Å². The van der Waals surface area contributed by atoms with Crippen molar-refractivity contribution >= 4 is 71.1 Å². The van der Waals surface area contributed by atoms with Crippen LogP contribution in [0.15, 0.2) is 73.9 Å². The molecule has 0 aliphatic heterocycles. The lowest BCUT2D eigenvalue weighted by molar-refractivity contribution is -0.401. The summed E-state index contributed by atoms with van der Waals surface area (Å²) in [7, 11) is 0. The van der Waals surface area contributed by atoms with Crippen LogP contribution in [-0.2, 0) is 57.5 Å². The molecule has 69 heavy (non-hydrogen) atoms. The number of carboxylic acids is 3. The second kappa shape index (κ2) is 35.2. The highest BCUT2D eigenvalue weighted by atomic mass is 16.4. The largest absolute Gasteiger partial charge is 0.480 e. The highest BCUT2D eigenvalue weighted by molar-refractivity contribution is 5.96. The fraction of sp³-hybridized carbons (Fsp3) is 0.429. The molecule has 0 aliphatic carbocycles. The first-order chi connectivity index (χ1) is 32.0. The van der Waals surface area contributed by atoms with Crippen molar-refractivity contribution in [3.63, 3.8) is 0 Å². The van der Waals surface area contributed by atoms with Gasteiger partial charge in [0.15, 0.2) is 18.1 Å². The smallest absolute Gasteiger partial charge is 0.328 e. The van der Waals surface area contributed by atoms with E-state index in [2.05, 4.69) is 105 Å². The zero-order valence-electron chi connectivity index (χ0n) is 39.4. The number of carbonyl (C=O) groups is 12. The van der Waals surface area contributed by atoms with Gasteiger partial charge in [-0.05, 0) is 38.8 Å². The van der Waals surface area contributed by atoms with Crippen molar-refractivity contribution in [3.8, 4) is 0 Å². The maximum Gasteiger partial charge on any atom is 0.328 e. The lowest BCUT2D eigenvalue weighted by Gasteiger charge is -2.17. The van der Waals surface area contributed by atoms with Gasteiger partial charge in [-0.1, -0.05) is 53.3 Å². The van der Waals surface area contributed by atoms with E-state index >= 15 is 0 Å². The monoisotopic (exact) mass is 981 g/mol. The Morgan fingerprint density at radius 2 is 0.667 bits per heavy atom. The zero-order chi connectivity index (χ0) is 54.1. The Hall–Kier alpha value is -8.04. The lowest BCUT2D eigenvalue weighted by Crippen LogP contribution is -2.72. The Morgan fingerprint density at radius 3 is 0.928 bits per heavy atom. The molecule has 0 aromatic rings. The highest BCUT2D eigenvalue weighted by Crippen LogP contribution is 1.97. The third-order valence-corrected chi connectivity index (χ3v) is 8.55. The molecule has 0 rings (SSSR count). The summed E-state index contributed by atoms with van der Waals surface area (Å²) in [5.41, 5.74) is 11.8. The fourth-order valence-electron chi connectivity index (χ4n) is 4.01. The van der Waals surface area contributed by atoms with E-state index in [4.69, 9.17) is 15.3 Å². The quantitative estimate of drug-likeness (QED) is 0.0310. The summed E-state index contributed by atoms with van der Waals surface area (Å²) < 4.78 is 0. The third kappa shape index (κ3) is 30.0. The molecule has 0 heterocycles. The predicted molar refractivity (Wildman–Crippen MR) is 246 cm³/mol. The average Bonchev–Trinajstić information content (AvgIpc) is 3.31. The number of nitrogens with one attached hydrogen (secondary N) is 9. The molecule has 0 unspecified atom stereocenters. The van der Waals surface area contributed by atoms with Crippen LogP contribution in [-0.4, -0.2) is 162 Å². The molecular formula is C42H69N12O15+3. The second-order valence-corrected chi connectivity index (χ2v) is 14.5. The molecule has 21 N–H and O–H groups in total. The molecular weight excluding hydrogens is 913 g/mol. The van der Waals surface area contributed by atoms with Gasteiger partial charge in [-0.15, -0.1) is 0 Å². The van der Waals surface area contributed by atoms with Crippen LogP contribution in [0.1, 0.15) is 40.5 Å². The molecule has 0 saturated carbocycles. The molecule has 0 bridgehead atoms. The molecule has 0 spiro atoms. The van der Waals surface area contributed by atoms with Crippen LogP contribution in [0.2, 0.25) is 0 Å². The van der Waals surface area contributed by atoms with Crippen LogP contribution in [0.3, 0.4) is 0 Å². The van der Waals surface area contributed by atoms with Gasteiger partial charge in [0, 0.05) is 41.9 Å². The Labute approximate surface area is 398 Å². The molecule has 27 heteroatoms. The summed E-state index contributed by atoms with van der Waals surface area (Å²) in [6, 6.07) is -6.60. The van der Waals surface area contributed by atoms with E-state index in [1.54, 1.807) is 13.8 Å². The third-order valence-electron chi connectivity index (χ3n) is 8.55. The SMILES string of the molecule is C=C(C)C(=O)NC[C@H](NC(=O)[C@@H]([NH3+])CNC(=O)C(=C)C)C(=O)O.C=C(CC)C(=O)NC[C@H](NC(=O)[C@@H]([NH3+])CNC(=O)C(=C)CC)C(=O)O.C=CC(=O)NC[C@H](NC(=O)[C@@H]([NH3+])CNC(=O)C=C)C(=O)O. The van der Waals surface area contributed by atoms with Crippen molar-refractivity contribution in [2.75, 3.05) is 39.3 Å². The van der Waals surface area contributed by atoms with Crippen molar-refractivity contribution in [1.29, 1.82) is 0 Å². The molecule has 9 amide bonds. The number of quaternary nitrogens is 3. The van der Waals surface area contributed by atoms with Crippen LogP contribution in [0, 0.1) is 0 Å². The van der Waals surface area contributed by atoms with E-state index in [1.165, 1.54) is 13.8 Å². The number of aliphatic carboxylic acids is 3. The molecule has 0 aromatic carbocycles. The van der Waals surface area contributed by atoms with E-state index in [1.807, 2.05) is 0 Å². The molecule has 27 nitrogen and oxygen atoms in total. The second-order valence-electron chi connectivity index (χ2n) is 14.5. The Balaban J connectivity index is -0.000000951. The highest BCUT2D eigenvalue weighted by Gasteiger charge is 2.28. The predicted octanol–water partition coefficient (Wildman–Crippen LogP) is -7.35. The van der Waals surface area contributed by atoms with Gasteiger partial charge < -0.3 is 80.4 Å². The van der Waals surface area contributed by atoms with Gasteiger partial charge in [0.2, 0.25) is 35.4 Å². The summed E-state index contributed by atoms with van der Waals surface area (Å²) in [6.45, 7) is 25.9. The fourth-order valence-corrected chi connectivity index (χ4v) is 4.01. The van der Waals surface area contributed by atoms with E-state index in [0.29, 0.717) is 24.0 Å². The zero-order valence-corrected chi connectivity index (χ0v) is 39.4. The topological polar surface area (TPSA) is 457 Å². The lowest BCUT2D eigenvalue weighted by atomic mass is 10.2. The normalized spacial score (nSPS) is 12.4. The number of hydrogen-bond acceptors (Lipinski definition) is 12. The van der Waals surface area contributed by atoms with Crippen molar-refractivity contribution in [1.82, 2.24) is 47.9 Å². The summed E-state index contributed by atoms with van der Waals surface area (Å²) in [5, 5.41) is 48.2. The van der Waals surface area contributed by atoms with Gasteiger partial charge in [0.1, 0.15) is 18.1 Å². The minimum Gasteiger partial charge on any atom is -0.480 e. The molecule has 0 radical (unpaired) electrons. The van der Waals surface area contributed by atoms with Crippen LogP contribution in [0.25, 0.3) is 0 Å². The minimum atomic E-state index is -1.31. The molecule has 0 aliphatic rings. The van der Waals surface area contributed by atoms with Crippen molar-refractivity contribution in [3.05, 3.63) is 73.9 Å². The van der Waals surface area contributed by atoms with Crippen LogP contribution >= 0.6 is 0 Å². The van der Waals surface area contributed by atoms with Gasteiger partial charge in [0.25, 0.3) is 17.7 Å². The first-order valence-corrected chi connectivity index (χ1v) is 20.7. The molecule has 0 aromatic heterocycles. The first kappa shape index (κ1) is 65.2. The van der Waals surface area contributed by atoms with E-state index in [9.17, 15) is 57.5 Å². The van der Waals surface area contributed by atoms with Crippen molar-refractivity contribution in [2.45, 2.75) is 76.8 Å². The Kier molecular flexibility index (Phi) is 33.3. The Morgan fingerprint density at radius 1 is 0.435 bits per heavy atom. The number of carboxylic acid groups (broad SMARTS) is 3. The Bertz CT molecular complexity index is 1970. The molecule has 384 valence electrons. The number of carbonyl (C=O) groups excluding carboxylic acids is 9. The minimum absolute atomic E-state index is 0.0605. The summed E-state index contributed by atoms with van der Waals surface area (Å²) in [5.74, 6) is -8.71. The van der Waals surface area contributed by atoms with E-state index in [-0.39, 0.29) is 56.3 Å². The summed E-state index contributed by atoms with van der Waals surface area (Å²) in [4.78, 5) is 137. The van der Waals surface area contributed by atoms with Gasteiger partial charge >= 0.3 is 17.9 Å². The summed E-state index contributed by atoms with van der Waals surface area (Å²) >= 11 is 0. The van der Waals surface area contributed by atoms with E-state index < -0.39 is 101 Å². The molecule has 6 atom stereocenters. The van der Waals surface area contributed by atoms with Gasteiger partial charge in [-0.2, -0.15) is 0 Å². The maximum atomic E-state index is 12.0. The van der Waals surface area contributed by atoms with Crippen LogP contribution in [0.4, 0.5) is 0 Å². The average molecular weight is 982 g/mol. The van der Waals surface area contributed by atoms with Crippen LogP contribution in [0.5, 0.6) is 0 Å². The number of rotatable bonds is 29. The first-order valence-electron chi connectivity index (χ1n) is 20.7. The van der Waals surface area contributed by atoms with Crippen molar-refractivity contribution in [2.24, 2.45) is 0 Å². The summed E-state index contributed by atoms with van der Waals surface area (Å²) in [6.07, 6.45) is 2.93. The van der Waals surface area contributed by atoms with Gasteiger partial charge in [-0.25, -0.2) is 14.4 Å². The number of hydrogen-bond donors (Lipinski definition) is 15. The maximum absolute atomic E-state index is 12.0. The van der Waals surface area contributed by atoms with Crippen molar-refractivity contribution < 1.29 is 90.1 Å². The van der Waals surface area contributed by atoms with E-state index in [0.717, 1.165) is 12.2 Å². The molecule has 0 fully saturated rings. The van der Waals surface area contributed by atoms with Gasteiger partial charge in [-0.3, -0.25) is 43.2 Å². The standard InChI is InChI=1S/C16H26N4O5.C14H22N4O5.C12H18N4O5/c1-5-9(3)13(21)18-7-11(17)15(23)20-12(16(24)25)8-19-14(22)10(4)6-2;1-7(2)11(19)16-5-9(15)13(21)18-10(14(22)23)6-17-12(20)8(3)4;1-3-9(17)14-5-7(13)11(19)16-8(12(20)21)6-15-10(18)4-2/h11-12H,3-8,17H2,1-2H3,(H,18,21)(H,19,22)(H,20,23)(H,24,25);9-10H,1,3,5-6,15H2,2,4H3,(H,16,19)(H,17,20)(H,18,21)(H,22,23);3-4,7-8H,1-2,5-6,13H2,(H,14,17)(H,15,18)(H,16,19)(H,20,21)/p+3/t11-,12-;9-,10-;7-,8-/m000/s1. The number of amides is 9. The molecule has 0 saturated heterocycles.